The molecule has 2 heterocycles. The Labute approximate surface area is 176 Å². The number of hydrogen-bond acceptors (Lipinski definition) is 4. The number of rotatable bonds is 11. The van der Waals surface area contributed by atoms with Crippen molar-refractivity contribution in [3.8, 4) is 0 Å². The van der Waals surface area contributed by atoms with Gasteiger partial charge in [-0.05, 0) is 55.5 Å². The van der Waals surface area contributed by atoms with Gasteiger partial charge in [-0.3, -0.25) is 4.79 Å². The number of aliphatic hydroxyl groups excluding tert-OH is 1. The summed E-state index contributed by atoms with van der Waals surface area (Å²) in [6.45, 7) is 2.15. The summed E-state index contributed by atoms with van der Waals surface area (Å²) >= 11 is 1.32. The molecule has 2 unspecified atom stereocenters. The molecule has 0 radical (unpaired) electrons. The monoisotopic (exact) mass is 415 g/mol. The van der Waals surface area contributed by atoms with Crippen LogP contribution < -0.4 is 4.90 Å². The first-order chi connectivity index (χ1) is 14.0. The zero-order valence-electron chi connectivity index (χ0n) is 16.8. The first-order valence-corrected chi connectivity index (χ1v) is 11.2. The molecule has 1 aromatic carbocycles. The van der Waals surface area contributed by atoms with Gasteiger partial charge in [0.25, 0.3) is 0 Å². The fourth-order valence-electron chi connectivity index (χ4n) is 3.82. The molecule has 1 aliphatic heterocycles. The van der Waals surface area contributed by atoms with Crippen LogP contribution in [0.4, 0.5) is 5.69 Å². The maximum Gasteiger partial charge on any atom is 0.345 e. The molecule has 0 spiro atoms. The number of aromatic carboxylic acids is 1. The van der Waals surface area contributed by atoms with Gasteiger partial charge in [0.2, 0.25) is 5.91 Å². The lowest BCUT2D eigenvalue weighted by Crippen LogP contribution is -2.52. The van der Waals surface area contributed by atoms with Crippen molar-refractivity contribution >= 4 is 28.9 Å². The van der Waals surface area contributed by atoms with Gasteiger partial charge >= 0.3 is 5.97 Å². The Hall–Kier alpha value is -2.18. The van der Waals surface area contributed by atoms with Crippen LogP contribution in [0, 0.1) is 0 Å². The number of carboxylic acids is 1. The molecule has 1 amide bonds. The number of hydrogen-bond donors (Lipinski definition) is 2. The Morgan fingerprint density at radius 1 is 1.17 bits per heavy atom. The van der Waals surface area contributed by atoms with E-state index < -0.39 is 12.1 Å². The fourth-order valence-corrected chi connectivity index (χ4v) is 4.71. The molecular formula is C23H29NO4S. The summed E-state index contributed by atoms with van der Waals surface area (Å²) in [6.07, 6.45) is 6.82. The molecule has 29 heavy (non-hydrogen) atoms. The number of nitrogens with zero attached hydrogens (tertiary/aromatic N) is 1. The molecule has 1 aromatic heterocycles. The Morgan fingerprint density at radius 3 is 2.55 bits per heavy atom. The van der Waals surface area contributed by atoms with Crippen molar-refractivity contribution in [2.24, 2.45) is 0 Å². The van der Waals surface area contributed by atoms with E-state index in [2.05, 4.69) is 6.92 Å². The van der Waals surface area contributed by atoms with Crippen molar-refractivity contribution in [2.75, 3.05) is 4.90 Å². The number of carbonyl (C=O) groups excluding carboxylic acids is 1. The number of β-lactam (4-membered cyclic amide) rings is 1. The highest BCUT2D eigenvalue weighted by Crippen LogP contribution is 2.32. The number of benzene rings is 1. The predicted molar refractivity (Wildman–Crippen MR) is 116 cm³/mol. The van der Waals surface area contributed by atoms with Crippen LogP contribution in [-0.4, -0.2) is 28.1 Å². The van der Waals surface area contributed by atoms with E-state index >= 15 is 0 Å². The third kappa shape index (κ3) is 5.46. The highest BCUT2D eigenvalue weighted by molar-refractivity contribution is 7.13. The highest BCUT2D eigenvalue weighted by Gasteiger charge is 2.36. The van der Waals surface area contributed by atoms with E-state index in [-0.39, 0.29) is 11.9 Å². The van der Waals surface area contributed by atoms with Crippen LogP contribution in [0.1, 0.15) is 78.1 Å². The maximum absolute atomic E-state index is 12.2. The Balaban J connectivity index is 1.51. The summed E-state index contributed by atoms with van der Waals surface area (Å²) < 4.78 is 0. The Kier molecular flexibility index (Phi) is 7.45. The number of thiophene rings is 1. The SMILES string of the molecule is CCCCCC(O)c1ccc(N2C(=O)CC2CCCc2ccc(C(=O)O)s2)cc1. The van der Waals surface area contributed by atoms with E-state index in [0.29, 0.717) is 11.3 Å². The van der Waals surface area contributed by atoms with Crippen LogP contribution in [0.15, 0.2) is 36.4 Å². The average Bonchev–Trinajstić information content (AvgIpc) is 3.17. The quantitative estimate of drug-likeness (QED) is 0.391. The molecule has 0 aliphatic carbocycles. The molecule has 1 saturated heterocycles. The van der Waals surface area contributed by atoms with Gasteiger partial charge in [-0.25, -0.2) is 4.79 Å². The van der Waals surface area contributed by atoms with Crippen molar-refractivity contribution in [3.63, 3.8) is 0 Å². The minimum atomic E-state index is -0.879. The number of aryl methyl sites for hydroxylation is 1. The van der Waals surface area contributed by atoms with E-state index in [1.165, 1.54) is 11.3 Å². The second-order valence-electron chi connectivity index (χ2n) is 7.69. The lowest BCUT2D eigenvalue weighted by molar-refractivity contribution is -0.124. The van der Waals surface area contributed by atoms with Gasteiger partial charge in [-0.2, -0.15) is 0 Å². The zero-order chi connectivity index (χ0) is 20.8. The summed E-state index contributed by atoms with van der Waals surface area (Å²) in [5.41, 5.74) is 1.79. The molecule has 3 rings (SSSR count). The largest absolute Gasteiger partial charge is 0.477 e. The second-order valence-corrected chi connectivity index (χ2v) is 8.86. The van der Waals surface area contributed by atoms with Gasteiger partial charge in [0.05, 0.1) is 6.10 Å². The molecule has 2 N–H and O–H groups in total. The fraction of sp³-hybridized carbons (Fsp3) is 0.478. The van der Waals surface area contributed by atoms with Crippen molar-refractivity contribution in [1.29, 1.82) is 0 Å². The van der Waals surface area contributed by atoms with Crippen LogP contribution in [0.2, 0.25) is 0 Å². The molecule has 0 bridgehead atoms. The van der Waals surface area contributed by atoms with Crippen molar-refractivity contribution in [2.45, 2.75) is 70.4 Å². The van der Waals surface area contributed by atoms with E-state index in [1.54, 1.807) is 6.07 Å². The second kappa shape index (κ2) is 10.0. The van der Waals surface area contributed by atoms with Crippen molar-refractivity contribution in [3.05, 3.63) is 51.7 Å². The van der Waals surface area contributed by atoms with Gasteiger partial charge in [0, 0.05) is 23.0 Å². The summed E-state index contributed by atoms with van der Waals surface area (Å²) in [6, 6.07) is 11.4. The average molecular weight is 416 g/mol. The maximum atomic E-state index is 12.2. The molecular weight excluding hydrogens is 386 g/mol. The van der Waals surface area contributed by atoms with Crippen molar-refractivity contribution in [1.82, 2.24) is 0 Å². The molecule has 1 fully saturated rings. The number of unbranched alkanes of at least 4 members (excludes halogenated alkanes) is 2. The predicted octanol–water partition coefficient (Wildman–Crippen LogP) is 5.19. The summed E-state index contributed by atoms with van der Waals surface area (Å²) in [5, 5.41) is 19.3. The standard InChI is InChI=1S/C23H29NO4S/c1-2-3-4-8-20(25)16-9-11-17(12-10-16)24-18(15-22(24)26)6-5-7-19-13-14-21(29-19)23(27)28/h9-14,18,20,25H,2-8,15H2,1H3,(H,27,28). The normalized spacial score (nSPS) is 17.2. The first kappa shape index (κ1) is 21.5. The smallest absolute Gasteiger partial charge is 0.345 e. The van der Waals surface area contributed by atoms with Crippen LogP contribution >= 0.6 is 11.3 Å². The van der Waals surface area contributed by atoms with E-state index in [9.17, 15) is 14.7 Å². The zero-order valence-corrected chi connectivity index (χ0v) is 17.7. The summed E-state index contributed by atoms with van der Waals surface area (Å²) in [4.78, 5) is 26.4. The number of aliphatic hydroxyl groups is 1. The van der Waals surface area contributed by atoms with Crippen LogP contribution in [0.3, 0.4) is 0 Å². The highest BCUT2D eigenvalue weighted by atomic mass is 32.1. The molecule has 5 nitrogen and oxygen atoms in total. The third-order valence-electron chi connectivity index (χ3n) is 5.51. The molecule has 2 aromatic rings. The lowest BCUT2D eigenvalue weighted by Gasteiger charge is -2.40. The van der Waals surface area contributed by atoms with E-state index in [0.717, 1.165) is 61.1 Å². The van der Waals surface area contributed by atoms with Gasteiger partial charge in [-0.15, -0.1) is 11.3 Å². The van der Waals surface area contributed by atoms with E-state index in [1.807, 2.05) is 35.2 Å². The molecule has 1 aliphatic rings. The van der Waals surface area contributed by atoms with Gasteiger partial charge in [0.1, 0.15) is 4.88 Å². The number of carbonyl (C=O) groups is 2. The lowest BCUT2D eigenvalue weighted by atomic mass is 9.94. The van der Waals surface area contributed by atoms with E-state index in [4.69, 9.17) is 5.11 Å². The van der Waals surface area contributed by atoms with Crippen LogP contribution in [0.5, 0.6) is 0 Å². The molecule has 0 saturated carbocycles. The number of carboxylic acid groups (broad SMARTS) is 1. The number of anilines is 1. The Morgan fingerprint density at radius 2 is 1.93 bits per heavy atom. The first-order valence-electron chi connectivity index (χ1n) is 10.4. The minimum absolute atomic E-state index is 0.135. The van der Waals surface area contributed by atoms with Gasteiger partial charge in [0.15, 0.2) is 0 Å². The number of amides is 1. The molecule has 2 atom stereocenters. The van der Waals surface area contributed by atoms with Crippen LogP contribution in [-0.2, 0) is 11.2 Å². The summed E-state index contributed by atoms with van der Waals surface area (Å²) in [7, 11) is 0. The summed E-state index contributed by atoms with van der Waals surface area (Å²) in [5.74, 6) is -0.744. The Bertz CT molecular complexity index is 830. The molecule has 6 heteroatoms. The molecule has 156 valence electrons. The minimum Gasteiger partial charge on any atom is -0.477 e. The topological polar surface area (TPSA) is 77.8 Å². The van der Waals surface area contributed by atoms with Gasteiger partial charge in [-0.1, -0.05) is 38.3 Å². The van der Waals surface area contributed by atoms with Gasteiger partial charge < -0.3 is 15.1 Å². The van der Waals surface area contributed by atoms with Crippen LogP contribution in [0.25, 0.3) is 0 Å². The van der Waals surface area contributed by atoms with Crippen molar-refractivity contribution < 1.29 is 19.8 Å². The third-order valence-corrected chi connectivity index (χ3v) is 6.65.